The van der Waals surface area contributed by atoms with Gasteiger partial charge in [0.05, 0.1) is 6.54 Å². The lowest BCUT2D eigenvalue weighted by Gasteiger charge is -2.08. The van der Waals surface area contributed by atoms with Gasteiger partial charge in [-0.25, -0.2) is 0 Å². The van der Waals surface area contributed by atoms with Gasteiger partial charge in [-0.1, -0.05) is 12.1 Å². The minimum atomic E-state index is -0.603. The van der Waals surface area contributed by atoms with E-state index < -0.39 is 5.91 Å². The molecule has 3 rings (SSSR count). The van der Waals surface area contributed by atoms with Crippen molar-refractivity contribution < 1.29 is 9.59 Å². The zero-order chi connectivity index (χ0) is 20.1. The summed E-state index contributed by atoms with van der Waals surface area (Å²) in [6.07, 6.45) is 1.86. The molecule has 0 atom stereocenters. The van der Waals surface area contributed by atoms with Crippen LogP contribution in [0.4, 0.5) is 0 Å². The van der Waals surface area contributed by atoms with Crippen LogP contribution in [0.1, 0.15) is 23.1 Å². The number of hydrogen-bond donors (Lipinski definition) is 4. The van der Waals surface area contributed by atoms with Crippen molar-refractivity contribution in [2.24, 2.45) is 0 Å². The second kappa shape index (κ2) is 8.61. The van der Waals surface area contributed by atoms with Crippen molar-refractivity contribution in [3.63, 3.8) is 0 Å². The summed E-state index contributed by atoms with van der Waals surface area (Å²) in [7, 11) is 0. The minimum absolute atomic E-state index is 0.0371. The van der Waals surface area contributed by atoms with Crippen LogP contribution in [0.3, 0.4) is 0 Å². The number of H-pyrrole nitrogens is 2. The van der Waals surface area contributed by atoms with E-state index in [4.69, 9.17) is 12.2 Å². The first-order chi connectivity index (χ1) is 13.5. The molecule has 10 heteroatoms. The summed E-state index contributed by atoms with van der Waals surface area (Å²) in [6.45, 7) is 2.77. The molecule has 146 valence electrons. The van der Waals surface area contributed by atoms with E-state index in [2.05, 4.69) is 25.8 Å². The van der Waals surface area contributed by atoms with Gasteiger partial charge in [-0.05, 0) is 31.3 Å². The maximum atomic E-state index is 12.4. The number of benzene rings is 1. The number of carbonyl (C=O) groups excluding carboxylic acids is 2. The number of fused-ring (bicyclic) bond motifs is 1. The first kappa shape index (κ1) is 19.5. The number of hydrogen-bond acceptors (Lipinski definition) is 5. The fourth-order valence-corrected chi connectivity index (χ4v) is 3.12. The molecule has 1 aromatic carbocycles. The van der Waals surface area contributed by atoms with Crippen molar-refractivity contribution in [1.82, 2.24) is 30.4 Å². The van der Waals surface area contributed by atoms with E-state index >= 15 is 0 Å². The third-order valence-corrected chi connectivity index (χ3v) is 4.58. The van der Waals surface area contributed by atoms with Crippen LogP contribution in [0.25, 0.3) is 10.9 Å². The Morgan fingerprint density at radius 3 is 2.82 bits per heavy atom. The van der Waals surface area contributed by atoms with Crippen molar-refractivity contribution in [2.75, 3.05) is 13.1 Å². The molecule has 0 bridgehead atoms. The number of aromatic amines is 2. The fourth-order valence-electron chi connectivity index (χ4n) is 2.84. The monoisotopic (exact) mass is 400 g/mol. The van der Waals surface area contributed by atoms with Crippen molar-refractivity contribution in [1.29, 1.82) is 0 Å². The first-order valence-electron chi connectivity index (χ1n) is 8.80. The summed E-state index contributed by atoms with van der Waals surface area (Å²) in [6, 6.07) is 6.91. The molecule has 28 heavy (non-hydrogen) atoms. The fraction of sp³-hybridized carbons (Fsp3) is 0.278. The predicted molar refractivity (Wildman–Crippen MR) is 107 cm³/mol. The lowest BCUT2D eigenvalue weighted by atomic mass is 10.1. The number of carbonyl (C=O) groups is 2. The Balaban J connectivity index is 1.53. The largest absolute Gasteiger partial charge is 0.360 e. The van der Waals surface area contributed by atoms with Gasteiger partial charge >= 0.3 is 0 Å². The van der Waals surface area contributed by atoms with Gasteiger partial charge in [-0.2, -0.15) is 5.10 Å². The number of amides is 2. The summed E-state index contributed by atoms with van der Waals surface area (Å²) >= 11 is 5.11. The summed E-state index contributed by atoms with van der Waals surface area (Å²) in [5.74, 6) is -0.212. The smallest absolute Gasteiger partial charge is 0.257 e. The highest BCUT2D eigenvalue weighted by atomic mass is 32.1. The van der Waals surface area contributed by atoms with Gasteiger partial charge in [0, 0.05) is 36.6 Å². The Morgan fingerprint density at radius 1 is 1.25 bits per heavy atom. The van der Waals surface area contributed by atoms with E-state index in [-0.39, 0.29) is 23.4 Å². The third kappa shape index (κ3) is 4.17. The number of aromatic nitrogens is 4. The number of nitrogens with zero attached hydrogens (tertiary/aromatic N) is 2. The molecule has 2 amide bonds. The molecule has 0 unspecified atom stereocenters. The summed E-state index contributed by atoms with van der Waals surface area (Å²) in [5, 5.41) is 12.4. The number of nitrogens with one attached hydrogen (secondary N) is 4. The van der Waals surface area contributed by atoms with Gasteiger partial charge in [0.2, 0.25) is 11.3 Å². The second-order valence-corrected chi connectivity index (χ2v) is 6.44. The maximum absolute atomic E-state index is 12.4. The van der Waals surface area contributed by atoms with Crippen molar-refractivity contribution in [3.05, 3.63) is 56.8 Å². The van der Waals surface area contributed by atoms with Crippen LogP contribution in [0.15, 0.2) is 35.3 Å². The molecule has 3 aromatic rings. The van der Waals surface area contributed by atoms with Crippen molar-refractivity contribution in [2.45, 2.75) is 19.9 Å². The molecule has 0 saturated carbocycles. The van der Waals surface area contributed by atoms with Gasteiger partial charge in [-0.3, -0.25) is 19.5 Å². The van der Waals surface area contributed by atoms with E-state index in [0.29, 0.717) is 35.2 Å². The highest BCUT2D eigenvalue weighted by molar-refractivity contribution is 7.71. The van der Waals surface area contributed by atoms with E-state index in [0.717, 1.165) is 5.82 Å². The van der Waals surface area contributed by atoms with Gasteiger partial charge < -0.3 is 20.2 Å². The molecule has 2 heterocycles. The van der Waals surface area contributed by atoms with E-state index in [9.17, 15) is 14.4 Å². The lowest BCUT2D eigenvalue weighted by molar-refractivity contribution is -0.120. The molecule has 4 N–H and O–H groups in total. The standard InChI is InChI=1S/C18H20N6O3S/c1-2-24-14(22-23-18(24)28)7-8-19-15(25)10-21-17(27)12-9-20-13-6-4-3-5-11(13)16(12)26/h3-6,9H,2,7-8,10H2,1H3,(H,19,25)(H,20,26)(H,21,27)(H,23,28). The molecular weight excluding hydrogens is 380 g/mol. The van der Waals surface area contributed by atoms with Crippen molar-refractivity contribution in [3.8, 4) is 0 Å². The SMILES string of the molecule is CCn1c(CCNC(=O)CNC(=O)c2c[nH]c3ccccc3c2=O)n[nH]c1=S. The topological polar surface area (TPSA) is 125 Å². The lowest BCUT2D eigenvalue weighted by Crippen LogP contribution is -2.39. The average molecular weight is 400 g/mol. The van der Waals surface area contributed by atoms with Crippen LogP contribution >= 0.6 is 12.2 Å². The Kier molecular flexibility index (Phi) is 5.99. The normalized spacial score (nSPS) is 10.8. The predicted octanol–water partition coefficient (Wildman–Crippen LogP) is 0.891. The molecule has 0 aliphatic carbocycles. The Labute approximate surface area is 165 Å². The number of rotatable bonds is 7. The van der Waals surface area contributed by atoms with Crippen LogP contribution in [0.5, 0.6) is 0 Å². The zero-order valence-corrected chi connectivity index (χ0v) is 16.1. The van der Waals surface area contributed by atoms with Gasteiger partial charge in [0.1, 0.15) is 11.4 Å². The Bertz CT molecular complexity index is 1130. The highest BCUT2D eigenvalue weighted by Crippen LogP contribution is 2.06. The zero-order valence-electron chi connectivity index (χ0n) is 15.2. The molecule has 0 aliphatic rings. The van der Waals surface area contributed by atoms with Gasteiger partial charge in [-0.15, -0.1) is 0 Å². The summed E-state index contributed by atoms with van der Waals surface area (Å²) < 4.78 is 2.38. The van der Waals surface area contributed by atoms with E-state index in [1.54, 1.807) is 24.3 Å². The van der Waals surface area contributed by atoms with Crippen LogP contribution < -0.4 is 16.1 Å². The molecule has 0 radical (unpaired) electrons. The minimum Gasteiger partial charge on any atom is -0.360 e. The number of pyridine rings is 1. The molecular formula is C18H20N6O3S. The Hall–Kier alpha value is -3.27. The molecule has 0 aliphatic heterocycles. The maximum Gasteiger partial charge on any atom is 0.257 e. The molecule has 2 aromatic heterocycles. The molecule has 0 fully saturated rings. The van der Waals surface area contributed by atoms with E-state index in [1.807, 2.05) is 11.5 Å². The van der Waals surface area contributed by atoms with Gasteiger partial charge in [0.25, 0.3) is 5.91 Å². The van der Waals surface area contributed by atoms with Crippen LogP contribution in [0.2, 0.25) is 0 Å². The number of para-hydroxylation sites is 1. The third-order valence-electron chi connectivity index (χ3n) is 4.27. The highest BCUT2D eigenvalue weighted by Gasteiger charge is 2.14. The van der Waals surface area contributed by atoms with Crippen LogP contribution in [-0.4, -0.2) is 44.7 Å². The van der Waals surface area contributed by atoms with Crippen LogP contribution in [0, 0.1) is 4.77 Å². The summed E-state index contributed by atoms with van der Waals surface area (Å²) in [5.41, 5.74) is 0.228. The van der Waals surface area contributed by atoms with Crippen LogP contribution in [-0.2, 0) is 17.8 Å². The Morgan fingerprint density at radius 2 is 2.04 bits per heavy atom. The average Bonchev–Trinajstić information content (AvgIpc) is 3.06. The first-order valence-corrected chi connectivity index (χ1v) is 9.21. The molecule has 9 nitrogen and oxygen atoms in total. The van der Waals surface area contributed by atoms with Gasteiger partial charge in [0.15, 0.2) is 4.77 Å². The summed E-state index contributed by atoms with van der Waals surface area (Å²) in [4.78, 5) is 39.5. The second-order valence-electron chi connectivity index (χ2n) is 6.05. The van der Waals surface area contributed by atoms with E-state index in [1.165, 1.54) is 6.20 Å². The quantitative estimate of drug-likeness (QED) is 0.439. The molecule has 0 saturated heterocycles. The van der Waals surface area contributed by atoms with Crippen molar-refractivity contribution >= 4 is 34.9 Å². The molecule has 0 spiro atoms.